The van der Waals surface area contributed by atoms with E-state index in [4.69, 9.17) is 11.6 Å². The summed E-state index contributed by atoms with van der Waals surface area (Å²) in [5.74, 6) is 1.25. The summed E-state index contributed by atoms with van der Waals surface area (Å²) in [4.78, 5) is 4.10. The number of halogens is 2. The van der Waals surface area contributed by atoms with Crippen molar-refractivity contribution in [2.24, 2.45) is 0 Å². The molecule has 0 amide bonds. The quantitative estimate of drug-likeness (QED) is 0.897. The van der Waals surface area contributed by atoms with Crippen LogP contribution in [-0.2, 0) is 6.54 Å². The Balaban J connectivity index is 2.05. The third kappa shape index (κ3) is 2.63. The minimum atomic E-state index is 0.448. The van der Waals surface area contributed by atoms with E-state index in [0.717, 1.165) is 4.47 Å². The standard InChI is InChI=1S/C7H6BrClN6/c8-5-1-4(9)2-10-7(5)11-3-6-12-14-15-13-6/h1-2H,3H2,(H,10,11)(H,12,13,14,15). The number of aromatic nitrogens is 5. The molecule has 2 aromatic heterocycles. The van der Waals surface area contributed by atoms with E-state index < -0.39 is 0 Å². The van der Waals surface area contributed by atoms with Gasteiger partial charge in [0.15, 0.2) is 5.82 Å². The number of aromatic amines is 1. The lowest BCUT2D eigenvalue weighted by Gasteiger charge is -2.04. The van der Waals surface area contributed by atoms with Gasteiger partial charge in [0.1, 0.15) is 5.82 Å². The fourth-order valence-electron chi connectivity index (χ4n) is 0.965. The molecular weight excluding hydrogens is 283 g/mol. The Labute approximate surface area is 98.6 Å². The zero-order valence-electron chi connectivity index (χ0n) is 7.41. The summed E-state index contributed by atoms with van der Waals surface area (Å²) in [7, 11) is 0. The highest BCUT2D eigenvalue weighted by Crippen LogP contribution is 2.23. The van der Waals surface area contributed by atoms with Gasteiger partial charge in [-0.1, -0.05) is 16.8 Å². The van der Waals surface area contributed by atoms with Crippen molar-refractivity contribution in [3.05, 3.63) is 27.6 Å². The highest BCUT2D eigenvalue weighted by atomic mass is 79.9. The Morgan fingerprint density at radius 1 is 1.53 bits per heavy atom. The maximum absolute atomic E-state index is 5.76. The summed E-state index contributed by atoms with van der Waals surface area (Å²) >= 11 is 9.09. The van der Waals surface area contributed by atoms with E-state index in [1.807, 2.05) is 0 Å². The minimum absolute atomic E-state index is 0.448. The number of hydrogen-bond donors (Lipinski definition) is 2. The highest BCUT2D eigenvalue weighted by molar-refractivity contribution is 9.10. The van der Waals surface area contributed by atoms with Crippen molar-refractivity contribution in [3.63, 3.8) is 0 Å². The number of nitrogens with zero attached hydrogens (tertiary/aromatic N) is 4. The van der Waals surface area contributed by atoms with Gasteiger partial charge in [0, 0.05) is 6.20 Å². The molecule has 2 N–H and O–H groups in total. The van der Waals surface area contributed by atoms with E-state index in [0.29, 0.717) is 23.2 Å². The Hall–Kier alpha value is -1.21. The van der Waals surface area contributed by atoms with Crippen LogP contribution in [-0.4, -0.2) is 25.6 Å². The third-order valence-electron chi connectivity index (χ3n) is 1.61. The molecule has 2 heterocycles. The number of rotatable bonds is 3. The number of H-pyrrole nitrogens is 1. The lowest BCUT2D eigenvalue weighted by molar-refractivity contribution is 0.881. The minimum Gasteiger partial charge on any atom is -0.362 e. The van der Waals surface area contributed by atoms with Crippen molar-refractivity contribution in [1.82, 2.24) is 25.6 Å². The van der Waals surface area contributed by atoms with Gasteiger partial charge < -0.3 is 5.32 Å². The topological polar surface area (TPSA) is 79.4 Å². The maximum atomic E-state index is 5.76. The van der Waals surface area contributed by atoms with Crippen LogP contribution in [0, 0.1) is 0 Å². The molecule has 0 saturated carbocycles. The van der Waals surface area contributed by atoms with Crippen molar-refractivity contribution in [3.8, 4) is 0 Å². The zero-order valence-corrected chi connectivity index (χ0v) is 9.75. The first-order valence-corrected chi connectivity index (χ1v) is 5.20. The molecule has 8 heteroatoms. The Bertz CT molecular complexity index is 445. The van der Waals surface area contributed by atoms with Crippen LogP contribution in [0.2, 0.25) is 5.02 Å². The number of tetrazole rings is 1. The Morgan fingerprint density at radius 3 is 3.07 bits per heavy atom. The Kier molecular flexibility index (Phi) is 3.12. The molecule has 6 nitrogen and oxygen atoms in total. The molecule has 0 radical (unpaired) electrons. The molecule has 0 aliphatic rings. The molecule has 0 atom stereocenters. The van der Waals surface area contributed by atoms with E-state index in [1.165, 1.54) is 0 Å². The molecule has 0 fully saturated rings. The predicted octanol–water partition coefficient (Wildman–Crippen LogP) is 1.62. The molecule has 0 spiro atoms. The van der Waals surface area contributed by atoms with Gasteiger partial charge in [-0.15, -0.1) is 10.2 Å². The molecule has 0 bridgehead atoms. The predicted molar refractivity (Wildman–Crippen MR) is 58.5 cm³/mol. The molecular formula is C7H6BrClN6. The number of pyridine rings is 1. The van der Waals surface area contributed by atoms with Crippen LogP contribution in [0.5, 0.6) is 0 Å². The summed E-state index contributed by atoms with van der Waals surface area (Å²) < 4.78 is 0.790. The number of anilines is 1. The van der Waals surface area contributed by atoms with Gasteiger partial charge in [0.2, 0.25) is 0 Å². The van der Waals surface area contributed by atoms with Gasteiger partial charge in [0.25, 0.3) is 0 Å². The fourth-order valence-corrected chi connectivity index (χ4v) is 1.74. The Morgan fingerprint density at radius 2 is 2.40 bits per heavy atom. The maximum Gasteiger partial charge on any atom is 0.193 e. The van der Waals surface area contributed by atoms with Crippen LogP contribution in [0.4, 0.5) is 5.82 Å². The number of hydrogen-bond acceptors (Lipinski definition) is 5. The lowest BCUT2D eigenvalue weighted by atomic mass is 10.4. The smallest absolute Gasteiger partial charge is 0.193 e. The van der Waals surface area contributed by atoms with Crippen molar-refractivity contribution in [1.29, 1.82) is 0 Å². The van der Waals surface area contributed by atoms with Crippen LogP contribution in [0.1, 0.15) is 5.82 Å². The van der Waals surface area contributed by atoms with Gasteiger partial charge in [-0.3, -0.25) is 0 Å². The van der Waals surface area contributed by atoms with Gasteiger partial charge in [-0.05, 0) is 22.0 Å². The largest absolute Gasteiger partial charge is 0.362 e. The zero-order chi connectivity index (χ0) is 10.7. The summed E-state index contributed by atoms with van der Waals surface area (Å²) in [6, 6.07) is 1.76. The molecule has 78 valence electrons. The van der Waals surface area contributed by atoms with Crippen molar-refractivity contribution in [2.45, 2.75) is 6.54 Å². The molecule has 2 rings (SSSR count). The van der Waals surface area contributed by atoms with Crippen molar-refractivity contribution in [2.75, 3.05) is 5.32 Å². The first-order chi connectivity index (χ1) is 7.25. The van der Waals surface area contributed by atoms with Crippen LogP contribution in [0.15, 0.2) is 16.7 Å². The van der Waals surface area contributed by atoms with E-state index >= 15 is 0 Å². The van der Waals surface area contributed by atoms with Gasteiger partial charge >= 0.3 is 0 Å². The molecule has 2 aromatic rings. The van der Waals surface area contributed by atoms with Gasteiger partial charge in [-0.2, -0.15) is 5.21 Å². The molecule has 0 aromatic carbocycles. The average molecular weight is 290 g/mol. The van der Waals surface area contributed by atoms with Crippen LogP contribution in [0.25, 0.3) is 0 Å². The number of nitrogens with one attached hydrogen (secondary N) is 2. The molecule has 0 aliphatic carbocycles. The van der Waals surface area contributed by atoms with Crippen LogP contribution in [0.3, 0.4) is 0 Å². The van der Waals surface area contributed by atoms with Crippen LogP contribution >= 0.6 is 27.5 Å². The van der Waals surface area contributed by atoms with Crippen molar-refractivity contribution >= 4 is 33.3 Å². The molecule has 0 saturated heterocycles. The van der Waals surface area contributed by atoms with Crippen molar-refractivity contribution < 1.29 is 0 Å². The first-order valence-electron chi connectivity index (χ1n) is 4.03. The molecule has 0 aliphatic heterocycles. The summed E-state index contributed by atoms with van der Waals surface area (Å²) in [6.07, 6.45) is 1.56. The second-order valence-corrected chi connectivity index (χ2v) is 3.96. The highest BCUT2D eigenvalue weighted by Gasteiger charge is 2.03. The van der Waals surface area contributed by atoms with Gasteiger partial charge in [-0.25, -0.2) is 4.98 Å². The first kappa shape index (κ1) is 10.3. The lowest BCUT2D eigenvalue weighted by Crippen LogP contribution is -2.03. The second kappa shape index (κ2) is 4.54. The summed E-state index contributed by atoms with van der Waals surface area (Å²) in [5.41, 5.74) is 0. The molecule has 0 unspecified atom stereocenters. The monoisotopic (exact) mass is 288 g/mol. The van der Waals surface area contributed by atoms with Gasteiger partial charge in [0.05, 0.1) is 16.0 Å². The third-order valence-corrected chi connectivity index (χ3v) is 2.42. The fraction of sp³-hybridized carbons (Fsp3) is 0.143. The second-order valence-electron chi connectivity index (χ2n) is 2.67. The molecule has 15 heavy (non-hydrogen) atoms. The normalized spacial score (nSPS) is 10.3. The van der Waals surface area contributed by atoms with E-state index in [1.54, 1.807) is 12.3 Å². The van der Waals surface area contributed by atoms with Crippen LogP contribution < -0.4 is 5.32 Å². The van der Waals surface area contributed by atoms with E-state index in [-0.39, 0.29) is 0 Å². The average Bonchev–Trinajstić information content (AvgIpc) is 2.69. The SMILES string of the molecule is Clc1cnc(NCc2nn[nH]n2)c(Br)c1. The summed E-state index contributed by atoms with van der Waals surface area (Å²) in [6.45, 7) is 0.448. The van der Waals surface area contributed by atoms with E-state index in [9.17, 15) is 0 Å². The summed E-state index contributed by atoms with van der Waals surface area (Å²) in [5, 5.41) is 17.0. The van der Waals surface area contributed by atoms with E-state index in [2.05, 4.69) is 46.9 Å².